The van der Waals surface area contributed by atoms with E-state index in [1.54, 1.807) is 5.57 Å². The highest BCUT2D eigenvalue weighted by Crippen LogP contribution is 2.66. The number of fused-ring (bicyclic) bond motifs is 5. The standard InChI is InChI=1S/C33H48N4O/c1-23(34-21-26-22-37(36-35-26)19-7-10-24-8-5-4-6-9-24)29-13-14-30-28-12-11-25-20-27(38)15-17-32(25,2)31(28)16-18-33(29,30)3/h4-6,8-9,11,22-23,27-31,34,38H,7,10,12-21H2,1-3H3/t23-,27-,28-,29+,30-,31-,32-,33+/m0/s1. The second-order valence-electron chi connectivity index (χ2n) is 13.6. The van der Waals surface area contributed by atoms with Gasteiger partial charge in [-0.2, -0.15) is 0 Å². The minimum atomic E-state index is -0.113. The SMILES string of the molecule is C[C@H](NCc1cn(CCCc2ccccc2)nn1)[C@H]1CC[C@H]2[C@@H]3CC=C4C[C@@H](O)CC[C@]4(C)[C@H]3CC[C@]12C. The Morgan fingerprint density at radius 1 is 1.08 bits per heavy atom. The summed E-state index contributed by atoms with van der Waals surface area (Å²) in [6.07, 6.45) is 16.5. The fourth-order valence-electron chi connectivity index (χ4n) is 9.53. The third-order valence-corrected chi connectivity index (χ3v) is 11.6. The molecule has 5 nitrogen and oxygen atoms in total. The van der Waals surface area contributed by atoms with Gasteiger partial charge in [-0.15, -0.1) is 5.10 Å². The van der Waals surface area contributed by atoms with Gasteiger partial charge in [0.2, 0.25) is 0 Å². The van der Waals surface area contributed by atoms with Crippen molar-refractivity contribution in [1.82, 2.24) is 20.3 Å². The first-order valence-electron chi connectivity index (χ1n) is 15.4. The van der Waals surface area contributed by atoms with E-state index < -0.39 is 0 Å². The predicted molar refractivity (Wildman–Crippen MR) is 152 cm³/mol. The van der Waals surface area contributed by atoms with Gasteiger partial charge >= 0.3 is 0 Å². The van der Waals surface area contributed by atoms with Gasteiger partial charge in [-0.1, -0.05) is 61.0 Å². The van der Waals surface area contributed by atoms with Crippen molar-refractivity contribution in [3.63, 3.8) is 0 Å². The van der Waals surface area contributed by atoms with E-state index in [9.17, 15) is 5.11 Å². The first kappa shape index (κ1) is 26.3. The minimum Gasteiger partial charge on any atom is -0.393 e. The molecule has 38 heavy (non-hydrogen) atoms. The second-order valence-corrected chi connectivity index (χ2v) is 13.6. The number of benzene rings is 1. The Bertz CT molecular complexity index is 1130. The van der Waals surface area contributed by atoms with Crippen LogP contribution in [0.4, 0.5) is 0 Å². The van der Waals surface area contributed by atoms with Crippen molar-refractivity contribution in [2.75, 3.05) is 0 Å². The quantitative estimate of drug-likeness (QED) is 0.403. The summed E-state index contributed by atoms with van der Waals surface area (Å²) in [7, 11) is 0. The van der Waals surface area contributed by atoms with Crippen LogP contribution in [0.2, 0.25) is 0 Å². The van der Waals surface area contributed by atoms with Crippen LogP contribution in [0.1, 0.15) is 89.8 Å². The van der Waals surface area contributed by atoms with Gasteiger partial charge in [-0.3, -0.25) is 4.68 Å². The topological polar surface area (TPSA) is 63.0 Å². The molecular weight excluding hydrogens is 468 g/mol. The Kier molecular flexibility index (Phi) is 7.28. The van der Waals surface area contributed by atoms with E-state index >= 15 is 0 Å². The highest BCUT2D eigenvalue weighted by atomic mass is 16.3. The van der Waals surface area contributed by atoms with E-state index in [0.717, 1.165) is 68.1 Å². The van der Waals surface area contributed by atoms with E-state index in [-0.39, 0.29) is 6.10 Å². The Labute approximate surface area is 229 Å². The molecule has 2 aromatic rings. The summed E-state index contributed by atoms with van der Waals surface area (Å²) in [5.41, 5.74) is 4.78. The maximum absolute atomic E-state index is 10.3. The molecule has 3 saturated carbocycles. The maximum Gasteiger partial charge on any atom is 0.0964 e. The number of nitrogens with one attached hydrogen (secondary N) is 1. The molecule has 2 N–H and O–H groups in total. The van der Waals surface area contributed by atoms with E-state index in [4.69, 9.17) is 0 Å². The first-order valence-corrected chi connectivity index (χ1v) is 15.4. The Balaban J connectivity index is 1.04. The molecule has 0 bridgehead atoms. The number of aliphatic hydroxyl groups is 1. The molecule has 1 aromatic heterocycles. The van der Waals surface area contributed by atoms with Crippen molar-refractivity contribution in [3.05, 3.63) is 59.4 Å². The molecule has 8 atom stereocenters. The summed E-state index contributed by atoms with van der Waals surface area (Å²) in [6.45, 7) is 9.29. The fourth-order valence-corrected chi connectivity index (χ4v) is 9.53. The lowest BCUT2D eigenvalue weighted by Crippen LogP contribution is -2.52. The third kappa shape index (κ3) is 4.79. The number of allylic oxidation sites excluding steroid dienone is 1. The summed E-state index contributed by atoms with van der Waals surface area (Å²) in [5.74, 6) is 3.20. The molecule has 0 amide bonds. The monoisotopic (exact) mass is 516 g/mol. The summed E-state index contributed by atoms with van der Waals surface area (Å²) >= 11 is 0. The van der Waals surface area contributed by atoms with Crippen molar-refractivity contribution in [3.8, 4) is 0 Å². The van der Waals surface area contributed by atoms with E-state index in [1.807, 2.05) is 4.68 Å². The van der Waals surface area contributed by atoms with Gasteiger partial charge in [-0.05, 0) is 111 Å². The molecule has 1 heterocycles. The van der Waals surface area contributed by atoms with Gasteiger partial charge in [0.15, 0.2) is 0 Å². The molecule has 6 rings (SSSR count). The molecule has 0 spiro atoms. The highest BCUT2D eigenvalue weighted by molar-refractivity contribution is 5.25. The molecule has 4 aliphatic carbocycles. The molecule has 5 heteroatoms. The van der Waals surface area contributed by atoms with Crippen molar-refractivity contribution < 1.29 is 5.11 Å². The average molecular weight is 517 g/mol. The Morgan fingerprint density at radius 2 is 1.92 bits per heavy atom. The Morgan fingerprint density at radius 3 is 2.76 bits per heavy atom. The Hall–Kier alpha value is -1.98. The number of aryl methyl sites for hydroxylation is 2. The van der Waals surface area contributed by atoms with Crippen LogP contribution in [0, 0.1) is 34.5 Å². The number of aromatic nitrogens is 3. The van der Waals surface area contributed by atoms with Crippen LogP contribution in [-0.2, 0) is 19.5 Å². The molecule has 206 valence electrons. The zero-order valence-corrected chi connectivity index (χ0v) is 23.8. The predicted octanol–water partition coefficient (Wildman–Crippen LogP) is 6.33. The zero-order chi connectivity index (χ0) is 26.3. The largest absolute Gasteiger partial charge is 0.393 e. The van der Waals surface area contributed by atoms with Crippen molar-refractivity contribution in [1.29, 1.82) is 0 Å². The number of hydrogen-bond donors (Lipinski definition) is 2. The normalized spacial score (nSPS) is 37.2. The number of nitrogens with zero attached hydrogens (tertiary/aromatic N) is 3. The van der Waals surface area contributed by atoms with Gasteiger partial charge in [0.25, 0.3) is 0 Å². The summed E-state index contributed by atoms with van der Waals surface area (Å²) in [6, 6.07) is 11.2. The van der Waals surface area contributed by atoms with Gasteiger partial charge in [0.05, 0.1) is 11.8 Å². The molecule has 0 aliphatic heterocycles. The first-order chi connectivity index (χ1) is 18.4. The lowest BCUT2D eigenvalue weighted by molar-refractivity contribution is -0.0536. The molecule has 0 radical (unpaired) electrons. The molecule has 3 fully saturated rings. The highest BCUT2D eigenvalue weighted by Gasteiger charge is 2.59. The maximum atomic E-state index is 10.3. The second kappa shape index (κ2) is 10.5. The third-order valence-electron chi connectivity index (χ3n) is 11.6. The average Bonchev–Trinajstić information content (AvgIpc) is 3.52. The fraction of sp³-hybridized carbons (Fsp3) is 0.697. The molecule has 0 unspecified atom stereocenters. The van der Waals surface area contributed by atoms with Crippen LogP contribution < -0.4 is 5.32 Å². The lowest BCUT2D eigenvalue weighted by atomic mass is 9.47. The van der Waals surface area contributed by atoms with Crippen molar-refractivity contribution in [2.24, 2.45) is 34.5 Å². The number of aliphatic hydroxyl groups excluding tert-OH is 1. The van der Waals surface area contributed by atoms with Crippen molar-refractivity contribution in [2.45, 2.75) is 110 Å². The summed E-state index contributed by atoms with van der Waals surface area (Å²) < 4.78 is 2.01. The van der Waals surface area contributed by atoms with Crippen LogP contribution in [0.25, 0.3) is 0 Å². The van der Waals surface area contributed by atoms with Crippen LogP contribution in [0.3, 0.4) is 0 Å². The minimum absolute atomic E-state index is 0.113. The molecule has 4 aliphatic rings. The zero-order valence-electron chi connectivity index (χ0n) is 23.8. The van der Waals surface area contributed by atoms with Gasteiger partial charge in [0.1, 0.15) is 0 Å². The van der Waals surface area contributed by atoms with Crippen LogP contribution >= 0.6 is 0 Å². The summed E-state index contributed by atoms with van der Waals surface area (Å²) in [4.78, 5) is 0. The van der Waals surface area contributed by atoms with E-state index in [1.165, 1.54) is 44.1 Å². The van der Waals surface area contributed by atoms with Gasteiger partial charge in [0, 0.05) is 25.3 Å². The van der Waals surface area contributed by atoms with Crippen LogP contribution in [0.5, 0.6) is 0 Å². The summed E-state index contributed by atoms with van der Waals surface area (Å²) in [5, 5.41) is 23.0. The van der Waals surface area contributed by atoms with E-state index in [2.05, 4.69) is 79.0 Å². The van der Waals surface area contributed by atoms with Crippen molar-refractivity contribution >= 4 is 0 Å². The number of rotatable bonds is 8. The van der Waals surface area contributed by atoms with Gasteiger partial charge in [-0.25, -0.2) is 0 Å². The number of hydrogen-bond acceptors (Lipinski definition) is 4. The van der Waals surface area contributed by atoms with E-state index in [0.29, 0.717) is 16.9 Å². The lowest BCUT2D eigenvalue weighted by Gasteiger charge is -2.58. The van der Waals surface area contributed by atoms with Crippen LogP contribution in [0.15, 0.2) is 48.2 Å². The molecule has 0 saturated heterocycles. The molecule has 1 aromatic carbocycles. The van der Waals surface area contributed by atoms with Gasteiger partial charge < -0.3 is 10.4 Å². The molecular formula is C33H48N4O. The van der Waals surface area contributed by atoms with Crippen LogP contribution in [-0.4, -0.2) is 32.2 Å². The smallest absolute Gasteiger partial charge is 0.0964 e.